The molecule has 1 aliphatic heterocycles. The summed E-state index contributed by atoms with van der Waals surface area (Å²) in [6.07, 6.45) is 1.78. The smallest absolute Gasteiger partial charge is 0.272 e. The summed E-state index contributed by atoms with van der Waals surface area (Å²) >= 11 is 0. The molecule has 0 aliphatic carbocycles. The van der Waals surface area contributed by atoms with E-state index in [9.17, 15) is 4.79 Å². The van der Waals surface area contributed by atoms with Gasteiger partial charge in [0.25, 0.3) is 5.91 Å². The molecule has 3 heterocycles. The highest BCUT2D eigenvalue weighted by Crippen LogP contribution is 2.19. The van der Waals surface area contributed by atoms with Gasteiger partial charge in [0.2, 0.25) is 0 Å². The Balaban J connectivity index is 1.46. The van der Waals surface area contributed by atoms with Crippen LogP contribution in [0.1, 0.15) is 21.9 Å². The van der Waals surface area contributed by atoms with E-state index in [-0.39, 0.29) is 5.91 Å². The van der Waals surface area contributed by atoms with Gasteiger partial charge in [-0.2, -0.15) is 5.26 Å². The quantitative estimate of drug-likeness (QED) is 0.720. The average Bonchev–Trinajstić information content (AvgIpc) is 2.79. The first kappa shape index (κ1) is 19.3. The van der Waals surface area contributed by atoms with Crippen LogP contribution in [0.25, 0.3) is 0 Å². The Hall–Kier alpha value is -3.99. The minimum atomic E-state index is -0.116. The molecule has 1 amide bonds. The van der Waals surface area contributed by atoms with E-state index >= 15 is 0 Å². The van der Waals surface area contributed by atoms with Crippen molar-refractivity contribution in [2.45, 2.75) is 6.92 Å². The predicted molar refractivity (Wildman–Crippen MR) is 114 cm³/mol. The van der Waals surface area contributed by atoms with Gasteiger partial charge in [0.05, 0.1) is 11.6 Å². The summed E-state index contributed by atoms with van der Waals surface area (Å²) in [5.74, 6) is 1.84. The molecule has 0 radical (unpaired) electrons. The Bertz CT molecular complexity index is 1090. The Kier molecular flexibility index (Phi) is 5.52. The number of nitriles is 1. The fraction of sp³-hybridized carbons (Fsp3) is 0.227. The van der Waals surface area contributed by atoms with E-state index in [4.69, 9.17) is 5.26 Å². The third-order valence-corrected chi connectivity index (χ3v) is 4.86. The summed E-state index contributed by atoms with van der Waals surface area (Å²) in [7, 11) is 0. The molecule has 1 aromatic carbocycles. The van der Waals surface area contributed by atoms with Crippen LogP contribution in [0, 0.1) is 18.3 Å². The normalized spacial score (nSPS) is 13.6. The number of anilines is 3. The van der Waals surface area contributed by atoms with Gasteiger partial charge >= 0.3 is 0 Å². The molecular weight excluding hydrogens is 378 g/mol. The van der Waals surface area contributed by atoms with Gasteiger partial charge in [-0.15, -0.1) is 0 Å². The molecule has 0 unspecified atom stereocenters. The van der Waals surface area contributed by atoms with Crippen LogP contribution in [0.2, 0.25) is 0 Å². The highest BCUT2D eigenvalue weighted by molar-refractivity contribution is 5.93. The molecule has 1 aliphatic rings. The van der Waals surface area contributed by atoms with Crippen LogP contribution in [-0.2, 0) is 0 Å². The van der Waals surface area contributed by atoms with Crippen molar-refractivity contribution >= 4 is 23.2 Å². The van der Waals surface area contributed by atoms with Crippen LogP contribution < -0.4 is 10.2 Å². The lowest BCUT2D eigenvalue weighted by Crippen LogP contribution is -2.49. The van der Waals surface area contributed by atoms with Crippen LogP contribution in [0.3, 0.4) is 0 Å². The molecule has 1 saturated heterocycles. The minimum absolute atomic E-state index is 0.116. The van der Waals surface area contributed by atoms with Crippen molar-refractivity contribution in [2.24, 2.45) is 0 Å². The molecule has 3 aromatic rings. The summed E-state index contributed by atoms with van der Waals surface area (Å²) in [4.78, 5) is 30.1. The SMILES string of the molecule is Cc1nc(Nc2cccc(C#N)c2)cc(C(=O)N2CCN(c3ccccn3)CC2)n1. The van der Waals surface area contributed by atoms with E-state index in [1.54, 1.807) is 42.3 Å². The number of aromatic nitrogens is 3. The molecule has 0 spiro atoms. The van der Waals surface area contributed by atoms with Crippen LogP contribution in [0.15, 0.2) is 54.7 Å². The highest BCUT2D eigenvalue weighted by atomic mass is 16.2. The number of nitrogens with one attached hydrogen (secondary N) is 1. The molecule has 0 atom stereocenters. The van der Waals surface area contributed by atoms with Gasteiger partial charge in [0.1, 0.15) is 23.2 Å². The van der Waals surface area contributed by atoms with Gasteiger partial charge in [-0.25, -0.2) is 15.0 Å². The van der Waals surface area contributed by atoms with E-state index < -0.39 is 0 Å². The van der Waals surface area contributed by atoms with Crippen LogP contribution >= 0.6 is 0 Å². The van der Waals surface area contributed by atoms with Gasteiger partial charge in [-0.1, -0.05) is 12.1 Å². The molecular formula is C22H21N7O. The second kappa shape index (κ2) is 8.57. The number of hydrogen-bond acceptors (Lipinski definition) is 7. The Morgan fingerprint density at radius 2 is 1.90 bits per heavy atom. The molecule has 150 valence electrons. The van der Waals surface area contributed by atoms with Gasteiger partial charge in [-0.05, 0) is 37.3 Å². The zero-order chi connectivity index (χ0) is 20.9. The number of rotatable bonds is 4. The molecule has 2 aromatic heterocycles. The monoisotopic (exact) mass is 399 g/mol. The number of amides is 1. The molecule has 8 heteroatoms. The van der Waals surface area contributed by atoms with Crippen molar-refractivity contribution in [1.29, 1.82) is 5.26 Å². The summed E-state index contributed by atoms with van der Waals surface area (Å²) in [6.45, 7) is 4.40. The first-order valence-corrected chi connectivity index (χ1v) is 9.70. The molecule has 1 N–H and O–H groups in total. The molecule has 4 rings (SSSR count). The second-order valence-corrected chi connectivity index (χ2v) is 6.97. The second-order valence-electron chi connectivity index (χ2n) is 6.97. The number of hydrogen-bond donors (Lipinski definition) is 1. The van der Waals surface area contributed by atoms with Crippen LogP contribution in [-0.4, -0.2) is 51.9 Å². The lowest BCUT2D eigenvalue weighted by molar-refractivity contribution is 0.0740. The van der Waals surface area contributed by atoms with Crippen LogP contribution in [0.4, 0.5) is 17.3 Å². The fourth-order valence-corrected chi connectivity index (χ4v) is 3.40. The molecule has 1 fully saturated rings. The maximum atomic E-state index is 13.0. The molecule has 8 nitrogen and oxygen atoms in total. The van der Waals surface area contributed by atoms with Crippen molar-refractivity contribution in [3.63, 3.8) is 0 Å². The van der Waals surface area contributed by atoms with Crippen molar-refractivity contribution in [2.75, 3.05) is 36.4 Å². The number of carbonyl (C=O) groups is 1. The van der Waals surface area contributed by atoms with Gasteiger partial charge < -0.3 is 15.1 Å². The summed E-state index contributed by atoms with van der Waals surface area (Å²) in [6, 6.07) is 16.7. The number of piperazine rings is 1. The van der Waals surface area contributed by atoms with Crippen molar-refractivity contribution in [3.05, 3.63) is 71.8 Å². The van der Waals surface area contributed by atoms with Crippen molar-refractivity contribution < 1.29 is 4.79 Å². The maximum Gasteiger partial charge on any atom is 0.272 e. The Morgan fingerprint density at radius 1 is 1.07 bits per heavy atom. The highest BCUT2D eigenvalue weighted by Gasteiger charge is 2.24. The van der Waals surface area contributed by atoms with Crippen molar-refractivity contribution in [3.8, 4) is 6.07 Å². The molecule has 0 saturated carbocycles. The number of carbonyl (C=O) groups excluding carboxylic acids is 1. The lowest BCUT2D eigenvalue weighted by atomic mass is 10.2. The summed E-state index contributed by atoms with van der Waals surface area (Å²) in [5.41, 5.74) is 1.63. The topological polar surface area (TPSA) is 98.0 Å². The number of aryl methyl sites for hydroxylation is 1. The van der Waals surface area contributed by atoms with E-state index in [0.29, 0.717) is 36.0 Å². The molecule has 30 heavy (non-hydrogen) atoms. The number of nitrogens with zero attached hydrogens (tertiary/aromatic N) is 6. The number of pyridine rings is 1. The van der Waals surface area contributed by atoms with Crippen LogP contribution in [0.5, 0.6) is 0 Å². The van der Waals surface area contributed by atoms with E-state index in [1.165, 1.54) is 0 Å². The van der Waals surface area contributed by atoms with E-state index in [2.05, 4.69) is 31.2 Å². The summed E-state index contributed by atoms with van der Waals surface area (Å²) in [5, 5.41) is 12.2. The van der Waals surface area contributed by atoms with Gasteiger partial charge in [-0.3, -0.25) is 4.79 Å². The third-order valence-electron chi connectivity index (χ3n) is 4.86. The zero-order valence-corrected chi connectivity index (χ0v) is 16.6. The Labute approximate surface area is 174 Å². The van der Waals surface area contributed by atoms with E-state index in [0.717, 1.165) is 24.6 Å². The average molecular weight is 399 g/mol. The Morgan fingerprint density at radius 3 is 2.63 bits per heavy atom. The number of benzene rings is 1. The maximum absolute atomic E-state index is 13.0. The van der Waals surface area contributed by atoms with E-state index in [1.807, 2.05) is 24.3 Å². The predicted octanol–water partition coefficient (Wildman–Crippen LogP) is 2.76. The summed E-state index contributed by atoms with van der Waals surface area (Å²) < 4.78 is 0. The zero-order valence-electron chi connectivity index (χ0n) is 16.6. The molecule has 0 bridgehead atoms. The van der Waals surface area contributed by atoms with Crippen molar-refractivity contribution in [1.82, 2.24) is 19.9 Å². The third kappa shape index (κ3) is 4.36. The fourth-order valence-electron chi connectivity index (χ4n) is 3.40. The van der Waals surface area contributed by atoms with Gasteiger partial charge in [0, 0.05) is 44.1 Å². The first-order valence-electron chi connectivity index (χ1n) is 9.70. The minimum Gasteiger partial charge on any atom is -0.353 e. The lowest BCUT2D eigenvalue weighted by Gasteiger charge is -2.35. The first-order chi connectivity index (χ1) is 14.6. The largest absolute Gasteiger partial charge is 0.353 e. The van der Waals surface area contributed by atoms with Gasteiger partial charge in [0.15, 0.2) is 0 Å². The standard InChI is InChI=1S/C22H21N7O/c1-16-25-19(14-20(26-16)27-18-6-4-5-17(13-18)15-23)22(30)29-11-9-28(10-12-29)21-7-2-3-8-24-21/h2-8,13-14H,9-12H2,1H3,(H,25,26,27).